The molecule has 2 saturated carbocycles. The number of amides is 1. The molecule has 138 valence electrons. The molecular weight excluding hydrogens is 324 g/mol. The van der Waals surface area contributed by atoms with Crippen molar-refractivity contribution in [1.29, 1.82) is 0 Å². The Morgan fingerprint density at radius 2 is 1.92 bits per heavy atom. The summed E-state index contributed by atoms with van der Waals surface area (Å²) < 4.78 is 0. The van der Waals surface area contributed by atoms with E-state index in [9.17, 15) is 9.90 Å². The average Bonchev–Trinajstić information content (AvgIpc) is 2.64. The molecule has 2 N–H and O–H groups in total. The minimum atomic E-state index is -0.233. The fourth-order valence-corrected chi connectivity index (χ4v) is 4.43. The Labute approximate surface area is 155 Å². The number of hydrogen-bond acceptors (Lipinski definition) is 3. The molecule has 1 aromatic carbocycles. The maximum atomic E-state index is 12.9. The number of hydrogen-bond donors (Lipinski definition) is 2. The zero-order valence-electron chi connectivity index (χ0n) is 15.4. The lowest BCUT2D eigenvalue weighted by molar-refractivity contribution is -0.128. The minimum Gasteiger partial charge on any atom is -0.393 e. The van der Waals surface area contributed by atoms with Crippen LogP contribution in [-0.2, 0) is 4.79 Å². The third-order valence-electron chi connectivity index (χ3n) is 6.28. The first-order valence-electron chi connectivity index (χ1n) is 9.93. The molecule has 0 aliphatic heterocycles. The molecule has 1 aromatic heterocycles. The van der Waals surface area contributed by atoms with Crippen molar-refractivity contribution in [1.82, 2.24) is 10.3 Å². The second-order valence-corrected chi connectivity index (χ2v) is 8.29. The number of rotatable bonds is 4. The summed E-state index contributed by atoms with van der Waals surface area (Å²) in [6.45, 7) is 2.27. The predicted octanol–water partition coefficient (Wildman–Crippen LogP) is 3.99. The fourth-order valence-electron chi connectivity index (χ4n) is 4.43. The summed E-state index contributed by atoms with van der Waals surface area (Å²) in [6.07, 6.45) is 7.42. The van der Waals surface area contributed by atoms with Gasteiger partial charge in [0.15, 0.2) is 0 Å². The van der Waals surface area contributed by atoms with Crippen LogP contribution in [0.4, 0.5) is 0 Å². The number of aliphatic hydroxyl groups excluding tert-OH is 1. The van der Waals surface area contributed by atoms with E-state index in [4.69, 9.17) is 0 Å². The van der Waals surface area contributed by atoms with E-state index in [1.54, 1.807) is 0 Å². The SMILES string of the molecule is CC1CCC(C(=O)N[C@H](c2cnc3ccccc3c2)C2CC(O)C2)CC1. The van der Waals surface area contributed by atoms with Crippen molar-refractivity contribution in [3.8, 4) is 0 Å². The summed E-state index contributed by atoms with van der Waals surface area (Å²) >= 11 is 0. The molecule has 0 saturated heterocycles. The minimum absolute atomic E-state index is 0.0534. The van der Waals surface area contributed by atoms with Crippen LogP contribution in [0, 0.1) is 17.8 Å². The van der Waals surface area contributed by atoms with E-state index < -0.39 is 0 Å². The molecule has 1 heterocycles. The Morgan fingerprint density at radius 1 is 1.19 bits per heavy atom. The summed E-state index contributed by atoms with van der Waals surface area (Å²) in [5.74, 6) is 1.34. The van der Waals surface area contributed by atoms with Gasteiger partial charge in [0.2, 0.25) is 5.91 Å². The number of pyridine rings is 1. The van der Waals surface area contributed by atoms with Gasteiger partial charge in [-0.05, 0) is 68.1 Å². The molecular formula is C22H28N2O2. The number of aromatic nitrogens is 1. The zero-order valence-corrected chi connectivity index (χ0v) is 15.4. The molecule has 2 fully saturated rings. The lowest BCUT2D eigenvalue weighted by Crippen LogP contribution is -2.43. The Hall–Kier alpha value is -1.94. The van der Waals surface area contributed by atoms with Gasteiger partial charge in [-0.25, -0.2) is 0 Å². The number of para-hydroxylation sites is 1. The van der Waals surface area contributed by atoms with Crippen LogP contribution < -0.4 is 5.32 Å². The van der Waals surface area contributed by atoms with Crippen molar-refractivity contribution in [3.63, 3.8) is 0 Å². The number of carbonyl (C=O) groups is 1. The molecule has 1 amide bonds. The number of fused-ring (bicyclic) bond motifs is 1. The topological polar surface area (TPSA) is 62.2 Å². The number of benzene rings is 1. The second-order valence-electron chi connectivity index (χ2n) is 8.29. The lowest BCUT2D eigenvalue weighted by Gasteiger charge is -2.39. The summed E-state index contributed by atoms with van der Waals surface area (Å²) in [7, 11) is 0. The molecule has 2 aliphatic rings. The quantitative estimate of drug-likeness (QED) is 0.874. The van der Waals surface area contributed by atoms with Gasteiger partial charge in [0.1, 0.15) is 0 Å². The molecule has 4 rings (SSSR count). The van der Waals surface area contributed by atoms with Crippen molar-refractivity contribution < 1.29 is 9.90 Å². The standard InChI is InChI=1S/C22H28N2O2/c1-14-6-8-15(9-7-14)22(26)24-21(17-11-19(25)12-17)18-10-16-4-2-3-5-20(16)23-13-18/h2-5,10,13-15,17,19,21,25H,6-9,11-12H2,1H3,(H,24,26)/t14?,15?,17?,19?,21-/m0/s1. The smallest absolute Gasteiger partial charge is 0.223 e. The molecule has 1 atom stereocenters. The Balaban J connectivity index is 1.54. The van der Waals surface area contributed by atoms with Crippen LogP contribution in [0.3, 0.4) is 0 Å². The van der Waals surface area contributed by atoms with Crippen molar-refractivity contribution in [3.05, 3.63) is 42.1 Å². The van der Waals surface area contributed by atoms with Crippen LogP contribution >= 0.6 is 0 Å². The van der Waals surface area contributed by atoms with Gasteiger partial charge in [-0.3, -0.25) is 9.78 Å². The summed E-state index contributed by atoms with van der Waals surface area (Å²) in [5, 5.41) is 14.2. The molecule has 0 bridgehead atoms. The number of carbonyl (C=O) groups excluding carboxylic acids is 1. The van der Waals surface area contributed by atoms with E-state index in [1.165, 1.54) is 0 Å². The summed E-state index contributed by atoms with van der Waals surface area (Å²) in [6, 6.07) is 10.1. The number of aliphatic hydroxyl groups is 1. The van der Waals surface area contributed by atoms with E-state index in [0.29, 0.717) is 5.92 Å². The molecule has 4 heteroatoms. The predicted molar refractivity (Wildman–Crippen MR) is 102 cm³/mol. The molecule has 0 radical (unpaired) electrons. The van der Waals surface area contributed by atoms with Crippen LogP contribution in [0.2, 0.25) is 0 Å². The molecule has 0 spiro atoms. The van der Waals surface area contributed by atoms with E-state index in [-0.39, 0.29) is 24.0 Å². The largest absolute Gasteiger partial charge is 0.393 e. The van der Waals surface area contributed by atoms with Crippen molar-refractivity contribution in [2.24, 2.45) is 17.8 Å². The van der Waals surface area contributed by atoms with Crippen LogP contribution in [0.1, 0.15) is 57.1 Å². The maximum absolute atomic E-state index is 12.9. The van der Waals surface area contributed by atoms with Gasteiger partial charge in [-0.15, -0.1) is 0 Å². The first-order valence-corrected chi connectivity index (χ1v) is 9.93. The van der Waals surface area contributed by atoms with Gasteiger partial charge in [0, 0.05) is 17.5 Å². The molecule has 4 nitrogen and oxygen atoms in total. The molecule has 0 unspecified atom stereocenters. The highest BCUT2D eigenvalue weighted by atomic mass is 16.3. The van der Waals surface area contributed by atoms with Gasteiger partial charge < -0.3 is 10.4 Å². The Morgan fingerprint density at radius 3 is 2.65 bits per heavy atom. The van der Waals surface area contributed by atoms with Crippen LogP contribution in [-0.4, -0.2) is 22.1 Å². The highest BCUT2D eigenvalue weighted by Crippen LogP contribution is 2.39. The molecule has 2 aromatic rings. The Kier molecular flexibility index (Phi) is 4.94. The van der Waals surface area contributed by atoms with Crippen molar-refractivity contribution in [2.45, 2.75) is 57.6 Å². The number of nitrogens with zero attached hydrogens (tertiary/aromatic N) is 1. The van der Waals surface area contributed by atoms with Gasteiger partial charge in [0.05, 0.1) is 17.7 Å². The van der Waals surface area contributed by atoms with Gasteiger partial charge in [0.25, 0.3) is 0 Å². The van der Waals surface area contributed by atoms with E-state index >= 15 is 0 Å². The van der Waals surface area contributed by atoms with Crippen molar-refractivity contribution >= 4 is 16.8 Å². The van der Waals surface area contributed by atoms with Gasteiger partial charge >= 0.3 is 0 Å². The van der Waals surface area contributed by atoms with Crippen LogP contribution in [0.5, 0.6) is 0 Å². The summed E-state index contributed by atoms with van der Waals surface area (Å²) in [4.78, 5) is 17.5. The van der Waals surface area contributed by atoms with E-state index in [2.05, 4.69) is 29.4 Å². The van der Waals surface area contributed by atoms with Gasteiger partial charge in [-0.1, -0.05) is 25.1 Å². The second kappa shape index (κ2) is 7.36. The van der Waals surface area contributed by atoms with Crippen molar-refractivity contribution in [2.75, 3.05) is 0 Å². The third kappa shape index (κ3) is 3.61. The van der Waals surface area contributed by atoms with E-state index in [0.717, 1.165) is 60.9 Å². The highest BCUT2D eigenvalue weighted by Gasteiger charge is 2.37. The molecule has 26 heavy (non-hydrogen) atoms. The summed E-state index contributed by atoms with van der Waals surface area (Å²) in [5.41, 5.74) is 2.02. The first-order chi connectivity index (χ1) is 12.6. The monoisotopic (exact) mass is 352 g/mol. The van der Waals surface area contributed by atoms with Gasteiger partial charge in [-0.2, -0.15) is 0 Å². The Bertz CT molecular complexity index is 777. The first kappa shape index (κ1) is 17.5. The van der Waals surface area contributed by atoms with Crippen LogP contribution in [0.25, 0.3) is 10.9 Å². The average molecular weight is 352 g/mol. The molecule has 2 aliphatic carbocycles. The zero-order chi connectivity index (χ0) is 18.1. The third-order valence-corrected chi connectivity index (χ3v) is 6.28. The highest BCUT2D eigenvalue weighted by molar-refractivity contribution is 5.81. The van der Waals surface area contributed by atoms with E-state index in [1.807, 2.05) is 24.4 Å². The fraction of sp³-hybridized carbons (Fsp3) is 0.545. The maximum Gasteiger partial charge on any atom is 0.223 e. The number of nitrogens with one attached hydrogen (secondary N) is 1. The normalized spacial score (nSPS) is 29.8. The van der Waals surface area contributed by atoms with Crippen LogP contribution in [0.15, 0.2) is 36.5 Å². The lowest BCUT2D eigenvalue weighted by atomic mass is 9.74.